The zero-order valence-electron chi connectivity index (χ0n) is 11.7. The van der Waals surface area contributed by atoms with Gasteiger partial charge in [0.15, 0.2) is 9.90 Å². The highest BCUT2D eigenvalue weighted by molar-refractivity contribution is 7.91. The molecule has 0 spiro atoms. The van der Waals surface area contributed by atoms with Crippen LogP contribution in [0.5, 0.6) is 0 Å². The lowest BCUT2D eigenvalue weighted by Gasteiger charge is -2.29. The van der Waals surface area contributed by atoms with Crippen molar-refractivity contribution in [3.63, 3.8) is 0 Å². The molecular weight excluding hydrogens is 318 g/mol. The largest absolute Gasteiger partial charge is 0.464 e. The summed E-state index contributed by atoms with van der Waals surface area (Å²) in [5.74, 6) is -0.773. The summed E-state index contributed by atoms with van der Waals surface area (Å²) in [6, 6.07) is 0. The van der Waals surface area contributed by atoms with E-state index >= 15 is 0 Å². The average Bonchev–Trinajstić information content (AvgIpc) is 2.95. The van der Waals surface area contributed by atoms with Crippen LogP contribution < -0.4 is 4.72 Å². The molecule has 0 saturated carbocycles. The van der Waals surface area contributed by atoms with E-state index in [0.29, 0.717) is 13.2 Å². The molecule has 10 heteroatoms. The van der Waals surface area contributed by atoms with Crippen LogP contribution in [0.4, 0.5) is 0 Å². The quantitative estimate of drug-likeness (QED) is 0.727. The monoisotopic (exact) mass is 335 g/mol. The molecule has 0 aromatic carbocycles. The SMILES string of the molecule is COC(=O)c1ncsc1S(=O)(=O)NCC1CN(C)CCO1. The van der Waals surface area contributed by atoms with Crippen molar-refractivity contribution < 1.29 is 22.7 Å². The number of sulfonamides is 1. The van der Waals surface area contributed by atoms with Gasteiger partial charge in [-0.2, -0.15) is 0 Å². The number of carbonyl (C=O) groups is 1. The highest BCUT2D eigenvalue weighted by Gasteiger charge is 2.28. The first-order valence-corrected chi connectivity index (χ1v) is 8.62. The molecule has 8 nitrogen and oxygen atoms in total. The highest BCUT2D eigenvalue weighted by Crippen LogP contribution is 2.20. The molecule has 21 heavy (non-hydrogen) atoms. The number of methoxy groups -OCH3 is 1. The van der Waals surface area contributed by atoms with Gasteiger partial charge < -0.3 is 14.4 Å². The van der Waals surface area contributed by atoms with Gasteiger partial charge >= 0.3 is 5.97 Å². The van der Waals surface area contributed by atoms with Gasteiger partial charge in [0.25, 0.3) is 10.0 Å². The van der Waals surface area contributed by atoms with Crippen molar-refractivity contribution in [1.29, 1.82) is 0 Å². The minimum absolute atomic E-state index is 0.140. The summed E-state index contributed by atoms with van der Waals surface area (Å²) >= 11 is 0.874. The molecule has 1 saturated heterocycles. The first kappa shape index (κ1) is 16.3. The van der Waals surface area contributed by atoms with Gasteiger partial charge in [0.05, 0.1) is 25.3 Å². The van der Waals surface area contributed by atoms with Crippen molar-refractivity contribution in [2.24, 2.45) is 0 Å². The van der Waals surface area contributed by atoms with E-state index in [1.165, 1.54) is 12.6 Å². The first-order chi connectivity index (χ1) is 9.94. The predicted octanol–water partition coefficient (Wildman–Crippen LogP) is -0.461. The Bertz CT molecular complexity index is 601. The standard InChI is InChI=1S/C11H17N3O5S2/c1-14-3-4-19-8(6-14)5-13-21(16,17)11-9(10(15)18-2)12-7-20-11/h7-8,13H,3-6H2,1-2H3. The molecule has 2 rings (SSSR count). The van der Waals surface area contributed by atoms with Crippen LogP contribution in [0.25, 0.3) is 0 Å². The van der Waals surface area contributed by atoms with Gasteiger partial charge in [-0.1, -0.05) is 0 Å². The molecule has 1 unspecified atom stereocenters. The maximum Gasteiger partial charge on any atom is 0.358 e. The number of hydrogen-bond donors (Lipinski definition) is 1. The highest BCUT2D eigenvalue weighted by atomic mass is 32.2. The number of ether oxygens (including phenoxy) is 2. The van der Waals surface area contributed by atoms with Crippen molar-refractivity contribution in [2.75, 3.05) is 40.4 Å². The van der Waals surface area contributed by atoms with Crippen molar-refractivity contribution in [3.8, 4) is 0 Å². The number of hydrogen-bond acceptors (Lipinski definition) is 8. The fraction of sp³-hybridized carbons (Fsp3) is 0.636. The second kappa shape index (κ2) is 6.79. The van der Waals surface area contributed by atoms with E-state index < -0.39 is 16.0 Å². The van der Waals surface area contributed by atoms with Gasteiger partial charge in [0.2, 0.25) is 0 Å². The maximum atomic E-state index is 12.2. The van der Waals surface area contributed by atoms with E-state index in [4.69, 9.17) is 4.74 Å². The molecule has 1 aromatic rings. The number of nitrogens with zero attached hydrogens (tertiary/aromatic N) is 2. The number of morpholine rings is 1. The topological polar surface area (TPSA) is 97.8 Å². The molecule has 0 radical (unpaired) electrons. The van der Waals surface area contributed by atoms with Crippen LogP contribution in [-0.4, -0.2) is 70.8 Å². The zero-order chi connectivity index (χ0) is 15.5. The molecular formula is C11H17N3O5S2. The fourth-order valence-corrected chi connectivity index (χ4v) is 4.16. The van der Waals surface area contributed by atoms with Crippen LogP contribution >= 0.6 is 11.3 Å². The summed E-state index contributed by atoms with van der Waals surface area (Å²) in [7, 11) is -0.688. The lowest BCUT2D eigenvalue weighted by molar-refractivity contribution is -0.0156. The van der Waals surface area contributed by atoms with Gasteiger partial charge in [-0.15, -0.1) is 11.3 Å². The minimum Gasteiger partial charge on any atom is -0.464 e. The van der Waals surface area contributed by atoms with E-state index in [2.05, 4.69) is 19.3 Å². The first-order valence-electron chi connectivity index (χ1n) is 6.25. The normalized spacial score (nSPS) is 20.4. The van der Waals surface area contributed by atoms with Crippen molar-refractivity contribution in [2.45, 2.75) is 10.3 Å². The summed E-state index contributed by atoms with van der Waals surface area (Å²) in [5, 5.41) is 0. The van der Waals surface area contributed by atoms with Gasteiger partial charge in [0.1, 0.15) is 0 Å². The number of aromatic nitrogens is 1. The van der Waals surface area contributed by atoms with E-state index in [0.717, 1.165) is 17.9 Å². The Morgan fingerprint density at radius 2 is 2.43 bits per heavy atom. The Balaban J connectivity index is 2.05. The van der Waals surface area contributed by atoms with E-state index in [-0.39, 0.29) is 22.6 Å². The number of likely N-dealkylation sites (N-methyl/N-ethyl adjacent to an activating group) is 1. The number of esters is 1. The molecule has 1 aliphatic heterocycles. The summed E-state index contributed by atoms with van der Waals surface area (Å²) < 4.78 is 36.8. The second-order valence-electron chi connectivity index (χ2n) is 4.59. The summed E-state index contributed by atoms with van der Waals surface area (Å²) in [6.07, 6.45) is -0.215. The van der Waals surface area contributed by atoms with Crippen LogP contribution in [0.15, 0.2) is 9.72 Å². The summed E-state index contributed by atoms with van der Waals surface area (Å²) in [6.45, 7) is 2.18. The van der Waals surface area contributed by atoms with Gasteiger partial charge in [-0.25, -0.2) is 22.9 Å². The third kappa shape index (κ3) is 3.98. The summed E-state index contributed by atoms with van der Waals surface area (Å²) in [4.78, 5) is 17.3. The minimum atomic E-state index is -3.81. The lowest BCUT2D eigenvalue weighted by Crippen LogP contribution is -2.45. The van der Waals surface area contributed by atoms with Crippen molar-refractivity contribution >= 4 is 27.3 Å². The van der Waals surface area contributed by atoms with Crippen LogP contribution in [0.1, 0.15) is 10.5 Å². The molecule has 1 aliphatic rings. The Morgan fingerprint density at radius 1 is 1.67 bits per heavy atom. The lowest BCUT2D eigenvalue weighted by atomic mass is 10.3. The molecule has 0 aliphatic carbocycles. The Hall–Kier alpha value is -1.07. The number of carbonyl (C=O) groups excluding carboxylic acids is 1. The molecule has 1 fully saturated rings. The Morgan fingerprint density at radius 3 is 3.10 bits per heavy atom. The molecule has 0 bridgehead atoms. The van der Waals surface area contributed by atoms with E-state index in [1.54, 1.807) is 0 Å². The Kier molecular flexibility index (Phi) is 5.27. The zero-order valence-corrected chi connectivity index (χ0v) is 13.4. The predicted molar refractivity (Wildman–Crippen MR) is 75.9 cm³/mol. The maximum absolute atomic E-state index is 12.2. The van der Waals surface area contributed by atoms with Gasteiger partial charge in [-0.3, -0.25) is 0 Å². The van der Waals surface area contributed by atoms with Gasteiger partial charge in [-0.05, 0) is 7.05 Å². The molecule has 0 amide bonds. The van der Waals surface area contributed by atoms with Crippen LogP contribution in [-0.2, 0) is 19.5 Å². The smallest absolute Gasteiger partial charge is 0.358 e. The Labute approximate surface area is 127 Å². The van der Waals surface area contributed by atoms with Crippen molar-refractivity contribution in [1.82, 2.24) is 14.6 Å². The van der Waals surface area contributed by atoms with Gasteiger partial charge in [0, 0.05) is 19.6 Å². The fourth-order valence-electron chi connectivity index (χ4n) is 1.92. The average molecular weight is 335 g/mol. The number of rotatable bonds is 5. The molecule has 1 atom stereocenters. The second-order valence-corrected chi connectivity index (χ2v) is 7.40. The number of thiazole rings is 1. The third-order valence-electron chi connectivity index (χ3n) is 3.00. The molecule has 1 N–H and O–H groups in total. The van der Waals surface area contributed by atoms with E-state index in [9.17, 15) is 13.2 Å². The van der Waals surface area contributed by atoms with E-state index in [1.807, 2.05) is 7.05 Å². The van der Waals surface area contributed by atoms with Crippen LogP contribution in [0.2, 0.25) is 0 Å². The molecule has 1 aromatic heterocycles. The number of nitrogens with one attached hydrogen (secondary N) is 1. The summed E-state index contributed by atoms with van der Waals surface area (Å²) in [5.41, 5.74) is 1.10. The third-order valence-corrected chi connectivity index (χ3v) is 5.79. The van der Waals surface area contributed by atoms with Crippen LogP contribution in [0.3, 0.4) is 0 Å². The van der Waals surface area contributed by atoms with Crippen molar-refractivity contribution in [3.05, 3.63) is 11.2 Å². The van der Waals surface area contributed by atoms with Crippen LogP contribution in [0, 0.1) is 0 Å². The molecule has 2 heterocycles. The molecule has 118 valence electrons.